The molecule has 0 aliphatic carbocycles. The van der Waals surface area contributed by atoms with Gasteiger partial charge in [0.2, 0.25) is 10.0 Å². The monoisotopic (exact) mass is 381 g/mol. The van der Waals surface area contributed by atoms with Gasteiger partial charge in [0, 0.05) is 6.54 Å². The third kappa shape index (κ3) is 4.83. The summed E-state index contributed by atoms with van der Waals surface area (Å²) in [5.41, 5.74) is 2.44. The van der Waals surface area contributed by atoms with Crippen LogP contribution in [0.2, 0.25) is 0 Å². The van der Waals surface area contributed by atoms with Crippen LogP contribution in [0.25, 0.3) is 6.08 Å². The maximum atomic E-state index is 12.7. The van der Waals surface area contributed by atoms with Crippen molar-refractivity contribution in [3.63, 3.8) is 0 Å². The summed E-state index contributed by atoms with van der Waals surface area (Å²) in [5.74, 6) is -0.534. The Kier molecular flexibility index (Phi) is 5.72. The van der Waals surface area contributed by atoms with E-state index in [0.29, 0.717) is 0 Å². The lowest BCUT2D eigenvalue weighted by Gasteiger charge is -2.33. The summed E-state index contributed by atoms with van der Waals surface area (Å²) in [6.45, 7) is 8.47. The molecule has 1 saturated heterocycles. The van der Waals surface area contributed by atoms with Crippen molar-refractivity contribution in [3.8, 4) is 0 Å². The second-order valence-corrected chi connectivity index (χ2v) is 8.71. The number of hydrazine groups is 1. The minimum absolute atomic E-state index is 0.0298. The van der Waals surface area contributed by atoms with E-state index >= 15 is 0 Å². The van der Waals surface area contributed by atoms with E-state index < -0.39 is 27.6 Å². The van der Waals surface area contributed by atoms with E-state index in [2.05, 4.69) is 12.0 Å². The molecule has 0 saturated carbocycles. The number of hydrogen-bond donors (Lipinski definition) is 1. The van der Waals surface area contributed by atoms with Gasteiger partial charge in [-0.3, -0.25) is 4.79 Å². The van der Waals surface area contributed by atoms with Crippen LogP contribution in [0.5, 0.6) is 0 Å². The number of hydrogen-bond acceptors (Lipinski definition) is 5. The van der Waals surface area contributed by atoms with E-state index in [1.807, 2.05) is 0 Å². The molecule has 2 amide bonds. The van der Waals surface area contributed by atoms with E-state index in [-0.39, 0.29) is 24.5 Å². The smallest absolute Gasteiger partial charge is 0.426 e. The van der Waals surface area contributed by atoms with Crippen molar-refractivity contribution < 1.29 is 22.7 Å². The van der Waals surface area contributed by atoms with Gasteiger partial charge in [0.25, 0.3) is 5.91 Å². The fourth-order valence-corrected chi connectivity index (χ4v) is 3.69. The van der Waals surface area contributed by atoms with Crippen LogP contribution in [0.3, 0.4) is 0 Å². The molecule has 2 rings (SSSR count). The Hall–Kier alpha value is -2.39. The van der Waals surface area contributed by atoms with Crippen LogP contribution in [-0.4, -0.2) is 55.0 Å². The Bertz CT molecular complexity index is 797. The van der Waals surface area contributed by atoms with Crippen LogP contribution in [-0.2, 0) is 19.6 Å². The lowest BCUT2D eigenvalue weighted by molar-refractivity contribution is -0.137. The summed E-state index contributed by atoms with van der Waals surface area (Å²) >= 11 is 0. The molecule has 0 unspecified atom stereocenters. The second-order valence-electron chi connectivity index (χ2n) is 6.77. The molecule has 1 aromatic carbocycles. The number of rotatable bonds is 4. The number of ether oxygens (including phenoxy) is 1. The van der Waals surface area contributed by atoms with Gasteiger partial charge in [-0.05, 0) is 38.5 Å². The number of amides is 2. The zero-order valence-corrected chi connectivity index (χ0v) is 15.9. The zero-order chi connectivity index (χ0) is 19.5. The molecule has 9 heteroatoms. The number of carbonyl (C=O) groups excluding carboxylic acids is 2. The highest BCUT2D eigenvalue weighted by Gasteiger charge is 2.34. The normalized spacial score (nSPS) is 16.3. The van der Waals surface area contributed by atoms with Crippen LogP contribution in [0.4, 0.5) is 4.79 Å². The van der Waals surface area contributed by atoms with Crippen LogP contribution in [0.15, 0.2) is 35.7 Å². The molecular weight excluding hydrogens is 358 g/mol. The molecule has 0 atom stereocenters. The first kappa shape index (κ1) is 19.9. The molecule has 8 nitrogen and oxygen atoms in total. The van der Waals surface area contributed by atoms with Crippen molar-refractivity contribution in [2.24, 2.45) is 0 Å². The fourth-order valence-electron chi connectivity index (χ4n) is 2.31. The molecule has 1 aromatic rings. The largest absolute Gasteiger partial charge is 0.443 e. The molecule has 0 bridgehead atoms. The predicted molar refractivity (Wildman–Crippen MR) is 96.4 cm³/mol. The van der Waals surface area contributed by atoms with Crippen molar-refractivity contribution >= 4 is 28.1 Å². The van der Waals surface area contributed by atoms with Gasteiger partial charge in [0.05, 0.1) is 18.0 Å². The lowest BCUT2D eigenvalue weighted by atomic mass is 10.2. The zero-order valence-electron chi connectivity index (χ0n) is 15.1. The molecule has 1 heterocycles. The van der Waals surface area contributed by atoms with E-state index in [4.69, 9.17) is 4.74 Å². The van der Waals surface area contributed by atoms with Crippen molar-refractivity contribution in [2.75, 3.05) is 19.6 Å². The molecule has 1 fully saturated rings. The van der Waals surface area contributed by atoms with Crippen molar-refractivity contribution in [2.45, 2.75) is 31.3 Å². The molecule has 1 aliphatic rings. The van der Waals surface area contributed by atoms with Gasteiger partial charge in [-0.25, -0.2) is 23.6 Å². The van der Waals surface area contributed by atoms with E-state index in [9.17, 15) is 18.0 Å². The molecular formula is C17H23N3O5S. The topological polar surface area (TPSA) is 96.0 Å². The highest BCUT2D eigenvalue weighted by molar-refractivity contribution is 7.89. The summed E-state index contributed by atoms with van der Waals surface area (Å²) in [7, 11) is -3.79. The van der Waals surface area contributed by atoms with Gasteiger partial charge in [0.15, 0.2) is 0 Å². The highest BCUT2D eigenvalue weighted by Crippen LogP contribution is 2.19. The Morgan fingerprint density at radius 1 is 1.23 bits per heavy atom. The minimum atomic E-state index is -3.79. The maximum absolute atomic E-state index is 12.7. The first-order chi connectivity index (χ1) is 12.0. The first-order valence-electron chi connectivity index (χ1n) is 8.05. The molecule has 142 valence electrons. The van der Waals surface area contributed by atoms with Crippen molar-refractivity contribution in [1.82, 2.24) is 14.7 Å². The average Bonchev–Trinajstić information content (AvgIpc) is 2.55. The maximum Gasteiger partial charge on any atom is 0.426 e. The number of benzene rings is 1. The summed E-state index contributed by atoms with van der Waals surface area (Å²) in [4.78, 5) is 24.1. The highest BCUT2D eigenvalue weighted by atomic mass is 32.2. The van der Waals surface area contributed by atoms with Gasteiger partial charge < -0.3 is 4.74 Å². The van der Waals surface area contributed by atoms with Crippen LogP contribution < -0.4 is 5.43 Å². The average molecular weight is 381 g/mol. The summed E-state index contributed by atoms with van der Waals surface area (Å²) < 4.78 is 31.5. The third-order valence-electron chi connectivity index (χ3n) is 3.56. The minimum Gasteiger partial charge on any atom is -0.443 e. The van der Waals surface area contributed by atoms with Gasteiger partial charge in [-0.15, -0.1) is 0 Å². The second kappa shape index (κ2) is 7.46. The summed E-state index contributed by atoms with van der Waals surface area (Å²) in [6, 6.07) is 6.23. The molecule has 1 aliphatic heterocycles. The number of sulfonamides is 1. The predicted octanol–water partition coefficient (Wildman–Crippen LogP) is 1.60. The SMILES string of the molecule is C=Cc1ccc(S(=O)(=O)N2CCN(NC(=O)OC(C)(C)C)C(=O)C2)cc1. The third-order valence-corrected chi connectivity index (χ3v) is 5.42. The van der Waals surface area contributed by atoms with Crippen LogP contribution in [0, 0.1) is 0 Å². The van der Waals surface area contributed by atoms with Gasteiger partial charge in [0.1, 0.15) is 5.60 Å². The molecule has 0 radical (unpaired) electrons. The van der Waals surface area contributed by atoms with Crippen LogP contribution >= 0.6 is 0 Å². The van der Waals surface area contributed by atoms with E-state index in [0.717, 1.165) is 14.9 Å². The standard InChI is InChI=1S/C17H23N3O5S/c1-5-13-6-8-14(9-7-13)26(23,24)19-10-11-20(15(21)12-19)18-16(22)25-17(2,3)4/h5-9H,1,10-12H2,2-4H3,(H,18,22). The molecule has 0 spiro atoms. The number of nitrogens with zero attached hydrogens (tertiary/aromatic N) is 2. The summed E-state index contributed by atoms with van der Waals surface area (Å²) in [6.07, 6.45) is 0.850. The number of carbonyl (C=O) groups is 2. The van der Waals surface area contributed by atoms with E-state index in [1.54, 1.807) is 39.0 Å². The quantitative estimate of drug-likeness (QED) is 0.855. The molecule has 0 aromatic heterocycles. The Labute approximate surface area is 153 Å². The number of nitrogens with one attached hydrogen (secondary N) is 1. The Balaban J connectivity index is 2.04. The van der Waals surface area contributed by atoms with Gasteiger partial charge in [-0.2, -0.15) is 4.31 Å². The van der Waals surface area contributed by atoms with Gasteiger partial charge >= 0.3 is 6.09 Å². The number of piperazine rings is 1. The Morgan fingerprint density at radius 3 is 2.35 bits per heavy atom. The van der Waals surface area contributed by atoms with Crippen LogP contribution in [0.1, 0.15) is 26.3 Å². The lowest BCUT2D eigenvalue weighted by Crippen LogP contribution is -2.58. The van der Waals surface area contributed by atoms with E-state index in [1.165, 1.54) is 12.1 Å². The Morgan fingerprint density at radius 2 is 1.85 bits per heavy atom. The first-order valence-corrected chi connectivity index (χ1v) is 9.49. The van der Waals surface area contributed by atoms with Crippen molar-refractivity contribution in [3.05, 3.63) is 36.4 Å². The summed E-state index contributed by atoms with van der Waals surface area (Å²) in [5, 5.41) is 1.07. The molecule has 1 N–H and O–H groups in total. The van der Waals surface area contributed by atoms with Gasteiger partial charge in [-0.1, -0.05) is 24.8 Å². The molecule has 26 heavy (non-hydrogen) atoms. The fraction of sp³-hybridized carbons (Fsp3) is 0.412. The van der Waals surface area contributed by atoms with Crippen molar-refractivity contribution in [1.29, 1.82) is 0 Å².